The van der Waals surface area contributed by atoms with Gasteiger partial charge < -0.3 is 15.6 Å². The minimum absolute atomic E-state index is 0.0344. The number of aromatic nitrogens is 2. The monoisotopic (exact) mass is 377 g/mol. The molecular weight excluding hydrogens is 358 g/mol. The molecule has 3 N–H and O–H groups in total. The van der Waals surface area contributed by atoms with Crippen molar-refractivity contribution in [1.29, 1.82) is 0 Å². The molecule has 0 saturated carbocycles. The van der Waals surface area contributed by atoms with Crippen LogP contribution < -0.4 is 5.73 Å². The fourth-order valence-electron chi connectivity index (χ4n) is 2.76. The molecule has 7 heteroatoms. The molecule has 1 aromatic heterocycles. The second-order valence-corrected chi connectivity index (χ2v) is 5.97. The van der Waals surface area contributed by atoms with Crippen molar-refractivity contribution in [3.63, 3.8) is 0 Å². The average molecular weight is 377 g/mol. The Morgan fingerprint density at radius 3 is 2.29 bits per heavy atom. The average Bonchev–Trinajstić information content (AvgIpc) is 2.69. The van der Waals surface area contributed by atoms with Gasteiger partial charge in [-0.1, -0.05) is 42.5 Å². The lowest BCUT2D eigenvalue weighted by Crippen LogP contribution is -2.31. The van der Waals surface area contributed by atoms with Gasteiger partial charge in [-0.05, 0) is 19.1 Å². The number of amides is 1. The molecular formula is C21H19N3O4. The van der Waals surface area contributed by atoms with Crippen molar-refractivity contribution in [2.45, 2.75) is 12.8 Å². The maximum atomic E-state index is 12.4. The molecule has 7 nitrogen and oxygen atoms in total. The lowest BCUT2D eigenvalue weighted by molar-refractivity contribution is -0.147. The normalized spacial score (nSPS) is 12.5. The van der Waals surface area contributed by atoms with Crippen molar-refractivity contribution in [3.8, 4) is 0 Å². The van der Waals surface area contributed by atoms with Crippen LogP contribution in [0, 0.1) is 0 Å². The molecule has 0 saturated heterocycles. The Hall–Kier alpha value is -3.74. The summed E-state index contributed by atoms with van der Waals surface area (Å²) >= 11 is 0. The van der Waals surface area contributed by atoms with Crippen molar-refractivity contribution >= 4 is 34.7 Å². The van der Waals surface area contributed by atoms with Crippen molar-refractivity contribution in [2.75, 3.05) is 6.61 Å². The summed E-state index contributed by atoms with van der Waals surface area (Å²) in [7, 11) is 0. The zero-order valence-corrected chi connectivity index (χ0v) is 15.2. The summed E-state index contributed by atoms with van der Waals surface area (Å²) in [5.74, 6) is -3.24. The number of ether oxygens (including phenoxy) is 1. The molecule has 0 bridgehead atoms. The zero-order chi connectivity index (χ0) is 20.1. The fourth-order valence-corrected chi connectivity index (χ4v) is 2.76. The third-order valence-electron chi connectivity index (χ3n) is 4.05. The molecule has 2 aromatic carbocycles. The van der Waals surface area contributed by atoms with E-state index in [1.165, 1.54) is 6.08 Å². The third kappa shape index (κ3) is 3.98. The molecule has 3 rings (SSSR count). The fraction of sp³-hybridized carbons (Fsp3) is 0.143. The number of carbonyl (C=O) groups excluding carboxylic acids is 2. The van der Waals surface area contributed by atoms with Crippen molar-refractivity contribution in [3.05, 3.63) is 71.5 Å². The van der Waals surface area contributed by atoms with Crippen LogP contribution >= 0.6 is 0 Å². The van der Waals surface area contributed by atoms with Crippen molar-refractivity contribution in [2.24, 2.45) is 5.73 Å². The largest absolute Gasteiger partial charge is 0.507 e. The standard InChI is InChI=1S/C21H19N3O4/c1-2-28-21(27)18(20(22)26)19-16(12-17(25)13-8-4-3-5-9-13)23-14-10-6-7-11-15(14)24-19/h3-12,18,25H,2H2,1H3,(H2,22,26)/b17-12-/t18-/m1/s1. The number of carbonyl (C=O) groups is 2. The van der Waals surface area contributed by atoms with Crippen LogP contribution in [0.5, 0.6) is 0 Å². The summed E-state index contributed by atoms with van der Waals surface area (Å²) in [5, 5.41) is 10.5. The number of fused-ring (bicyclic) bond motifs is 1. The number of para-hydroxylation sites is 2. The van der Waals surface area contributed by atoms with Crippen molar-refractivity contribution < 1.29 is 19.4 Å². The third-order valence-corrected chi connectivity index (χ3v) is 4.05. The Kier molecular flexibility index (Phi) is 5.64. The van der Waals surface area contributed by atoms with Crippen LogP contribution in [-0.2, 0) is 14.3 Å². The van der Waals surface area contributed by atoms with E-state index in [-0.39, 0.29) is 23.8 Å². The van der Waals surface area contributed by atoms with Gasteiger partial charge in [0.1, 0.15) is 5.76 Å². The van der Waals surface area contributed by atoms with Gasteiger partial charge in [0, 0.05) is 11.6 Å². The van der Waals surface area contributed by atoms with E-state index in [1.807, 2.05) is 6.07 Å². The number of rotatable bonds is 6. The molecule has 0 aliphatic carbocycles. The number of aliphatic hydroxyl groups is 1. The Morgan fingerprint density at radius 1 is 1.07 bits per heavy atom. The van der Waals surface area contributed by atoms with Crippen LogP contribution in [0.25, 0.3) is 22.9 Å². The summed E-state index contributed by atoms with van der Waals surface area (Å²) in [6.45, 7) is 1.72. The van der Waals surface area contributed by atoms with Gasteiger partial charge in [0.15, 0.2) is 5.92 Å². The summed E-state index contributed by atoms with van der Waals surface area (Å²) in [6, 6.07) is 15.8. The van der Waals surface area contributed by atoms with E-state index in [0.717, 1.165) is 0 Å². The zero-order valence-electron chi connectivity index (χ0n) is 15.2. The Morgan fingerprint density at radius 2 is 1.68 bits per heavy atom. The highest BCUT2D eigenvalue weighted by molar-refractivity contribution is 6.03. The SMILES string of the molecule is CCOC(=O)[C@@H](C(N)=O)c1nc2ccccc2nc1/C=C(\O)c1ccccc1. The second-order valence-electron chi connectivity index (χ2n) is 5.97. The first-order valence-electron chi connectivity index (χ1n) is 8.70. The van der Waals surface area contributed by atoms with E-state index in [9.17, 15) is 14.7 Å². The van der Waals surface area contributed by atoms with E-state index in [4.69, 9.17) is 10.5 Å². The number of nitrogens with zero attached hydrogens (tertiary/aromatic N) is 2. The molecule has 0 spiro atoms. The minimum atomic E-state index is -1.44. The summed E-state index contributed by atoms with van der Waals surface area (Å²) < 4.78 is 4.99. The lowest BCUT2D eigenvalue weighted by Gasteiger charge is -2.15. The number of hydrogen-bond donors (Lipinski definition) is 2. The molecule has 0 unspecified atom stereocenters. The first-order valence-corrected chi connectivity index (χ1v) is 8.70. The molecule has 0 aliphatic heterocycles. The van der Waals surface area contributed by atoms with E-state index < -0.39 is 17.8 Å². The predicted molar refractivity (Wildman–Crippen MR) is 105 cm³/mol. The molecule has 28 heavy (non-hydrogen) atoms. The minimum Gasteiger partial charge on any atom is -0.507 e. The molecule has 3 aromatic rings. The maximum absolute atomic E-state index is 12.4. The topological polar surface area (TPSA) is 115 Å². The Labute approximate surface area is 161 Å². The summed E-state index contributed by atoms with van der Waals surface area (Å²) in [4.78, 5) is 33.3. The Balaban J connectivity index is 2.21. The first kappa shape index (κ1) is 19.0. The number of benzene rings is 2. The molecule has 1 atom stereocenters. The van der Waals surface area contributed by atoms with E-state index in [2.05, 4.69) is 9.97 Å². The number of primary amides is 1. The highest BCUT2D eigenvalue weighted by Gasteiger charge is 2.32. The molecule has 1 amide bonds. The first-order chi connectivity index (χ1) is 13.5. The number of aliphatic hydroxyl groups excluding tert-OH is 1. The van der Waals surface area contributed by atoms with Crippen molar-refractivity contribution in [1.82, 2.24) is 9.97 Å². The van der Waals surface area contributed by atoms with E-state index >= 15 is 0 Å². The molecule has 142 valence electrons. The van der Waals surface area contributed by atoms with Crippen LogP contribution in [0.1, 0.15) is 29.8 Å². The van der Waals surface area contributed by atoms with E-state index in [0.29, 0.717) is 16.6 Å². The van der Waals surface area contributed by atoms with Gasteiger partial charge in [-0.3, -0.25) is 9.59 Å². The van der Waals surface area contributed by atoms with Gasteiger partial charge >= 0.3 is 5.97 Å². The number of esters is 1. The van der Waals surface area contributed by atoms with Gasteiger partial charge in [0.05, 0.1) is 29.0 Å². The van der Waals surface area contributed by atoms with Crippen LogP contribution in [0.15, 0.2) is 54.6 Å². The number of hydrogen-bond acceptors (Lipinski definition) is 6. The quantitative estimate of drug-likeness (QED) is 0.388. The lowest BCUT2D eigenvalue weighted by atomic mass is 10.0. The van der Waals surface area contributed by atoms with Gasteiger partial charge in [-0.25, -0.2) is 9.97 Å². The maximum Gasteiger partial charge on any atom is 0.324 e. The molecule has 0 aliphatic rings. The second kappa shape index (κ2) is 8.30. The highest BCUT2D eigenvalue weighted by atomic mass is 16.5. The van der Waals surface area contributed by atoms with Crippen LogP contribution in [0.3, 0.4) is 0 Å². The van der Waals surface area contributed by atoms with Gasteiger partial charge in [0.25, 0.3) is 0 Å². The number of nitrogens with two attached hydrogens (primary N) is 1. The Bertz CT molecular complexity index is 1050. The van der Waals surface area contributed by atoms with Gasteiger partial charge in [-0.2, -0.15) is 0 Å². The van der Waals surface area contributed by atoms with E-state index in [1.54, 1.807) is 55.5 Å². The smallest absolute Gasteiger partial charge is 0.324 e. The van der Waals surface area contributed by atoms with Crippen LogP contribution in [0.2, 0.25) is 0 Å². The summed E-state index contributed by atoms with van der Waals surface area (Å²) in [6.07, 6.45) is 1.36. The molecule has 0 fully saturated rings. The molecule has 1 heterocycles. The highest BCUT2D eigenvalue weighted by Crippen LogP contribution is 2.25. The predicted octanol–water partition coefficient (Wildman–Crippen LogP) is 2.82. The van der Waals surface area contributed by atoms with Gasteiger partial charge in [-0.15, -0.1) is 0 Å². The summed E-state index contributed by atoms with van der Waals surface area (Å²) in [5.41, 5.74) is 7.25. The van der Waals surface area contributed by atoms with Crippen LogP contribution in [-0.4, -0.2) is 33.6 Å². The van der Waals surface area contributed by atoms with Crippen LogP contribution in [0.4, 0.5) is 0 Å². The molecule has 0 radical (unpaired) electrons. The van der Waals surface area contributed by atoms with Gasteiger partial charge in [0.2, 0.25) is 5.91 Å².